The molecule has 0 saturated carbocycles. The van der Waals surface area contributed by atoms with E-state index < -0.39 is 46.7 Å². The first-order valence-electron chi connectivity index (χ1n) is 40.2. The Morgan fingerprint density at radius 2 is 0.729 bits per heavy atom. The molecule has 4 fully saturated rings. The van der Waals surface area contributed by atoms with Gasteiger partial charge in [-0.2, -0.15) is 67.7 Å². The van der Waals surface area contributed by atoms with Crippen molar-refractivity contribution in [3.05, 3.63) is 289 Å². The lowest BCUT2D eigenvalue weighted by Crippen LogP contribution is -2.49. The van der Waals surface area contributed by atoms with Gasteiger partial charge in [0.25, 0.3) is 11.1 Å². The first-order valence-corrected chi connectivity index (χ1v) is 47.3. The monoisotopic (exact) mass is 1920 g/mol. The standard InChI is InChI=1S/C28H26ClN7O4S.C25H26ClN5O4S.C20H19Cl2N5O3S.C14H14Cl2N4O/c1-2-3-4-16-40-27-26(20-32-36(28(27)37)24-7-5-6-23(29)17-24)34-12-14-35(15-13-34)41(38,39)21-22-8-10-33(11-9-22)25(18-30)19-31;1-2-3-4-16-35-24-23(18-28-31(25(24)32)22-7-5-6-21(26)17-22)29-12-14-30(15-13-29)36(33,34)19-20-8-10-27-11-9-20;21-16-2-1-3-17(12-16)27-20(28)19(22)18(13-24-27)25-8-10-26(11-9-25)31(29,30)14-15-4-6-23-7-5-15;15-10-2-1-3-11(8-10)20-14(21)13(16)12(9-18-20)19-6-4-17-5-7-19/h1,5-11,17,20H,3-4,12-16,21H2;1,5-11,17-18H,3-4,12-16,19H2;1-7,12-13H,8-11,14H2;1-3,8-9,17H,4-7H2. The summed E-state index contributed by atoms with van der Waals surface area (Å²) < 4.78 is 100.0. The molecule has 0 radical (unpaired) electrons. The van der Waals surface area contributed by atoms with Crippen LogP contribution in [-0.4, -0.2) is 211 Å². The molecular weight excluding hydrogens is 1840 g/mol. The van der Waals surface area contributed by atoms with E-state index in [0.29, 0.717) is 160 Å². The number of piperazine rings is 4. The van der Waals surface area contributed by atoms with Gasteiger partial charge in [0.15, 0.2) is 18.5 Å². The molecule has 11 aromatic rings. The lowest BCUT2D eigenvalue weighted by atomic mass is 10.3. The maximum absolute atomic E-state index is 13.5. The molecule has 0 atom stereocenters. The number of nitrogens with one attached hydrogen (secondary N) is 1. The summed E-state index contributed by atoms with van der Waals surface area (Å²) >= 11 is 36.8. The van der Waals surface area contributed by atoms with E-state index in [4.69, 9.17) is 103 Å². The highest BCUT2D eigenvalue weighted by Gasteiger charge is 2.34. The number of anilines is 4. The van der Waals surface area contributed by atoms with Crippen LogP contribution in [0, 0.1) is 36.0 Å². The summed E-state index contributed by atoms with van der Waals surface area (Å²) in [5, 5.41) is 40.6. The second kappa shape index (κ2) is 45.4. The van der Waals surface area contributed by atoms with Gasteiger partial charge in [-0.25, -0.2) is 25.3 Å². The summed E-state index contributed by atoms with van der Waals surface area (Å²) in [4.78, 5) is 67.6. The van der Waals surface area contributed by atoms with Gasteiger partial charge in [-0.15, -0.1) is 24.7 Å². The van der Waals surface area contributed by atoms with Crippen LogP contribution in [0.1, 0.15) is 42.4 Å². The number of terminal acetylenes is 2. The Morgan fingerprint density at radius 1 is 0.426 bits per heavy atom. The number of halogens is 6. The van der Waals surface area contributed by atoms with Crippen LogP contribution in [0.25, 0.3) is 33.9 Å². The number of benzene rings is 4. The summed E-state index contributed by atoms with van der Waals surface area (Å²) in [6.07, 6.45) is 28.4. The average Bonchev–Trinajstić information content (AvgIpc) is 0.800. The number of pyridine rings is 3. The van der Waals surface area contributed by atoms with Gasteiger partial charge in [0.05, 0.1) is 89.4 Å². The highest BCUT2D eigenvalue weighted by atomic mass is 35.5. The topological polar surface area (TPSA) is 371 Å². The number of nitrogens with zero attached hydrogens (tertiary/aromatic N) is 20. The van der Waals surface area contributed by atoms with Crippen LogP contribution in [0.3, 0.4) is 0 Å². The minimum atomic E-state index is -3.66. The van der Waals surface area contributed by atoms with Gasteiger partial charge >= 0.3 is 16.8 Å². The Bertz CT molecular complexity index is 6610. The molecule has 4 aliphatic heterocycles. The maximum Gasteiger partial charge on any atom is 0.316 e. The van der Waals surface area contributed by atoms with Crippen molar-refractivity contribution < 1.29 is 39.3 Å². The molecule has 670 valence electrons. The molecule has 1 N–H and O–H groups in total. The third-order valence-electron chi connectivity index (χ3n) is 20.6. The number of hydrogen-bond acceptors (Lipinski definition) is 24. The molecule has 4 aliphatic rings. The van der Waals surface area contributed by atoms with Gasteiger partial charge in [-0.1, -0.05) is 93.9 Å². The van der Waals surface area contributed by atoms with Gasteiger partial charge in [0.1, 0.15) is 21.4 Å². The SMILES string of the molecule is C#CCCCOc1c(N2CCN(S(=O)(=O)Cc3cc[n+](C(=C=[N-])C#N)cc3)CC2)cnn(-c2cccc(Cl)c2)c1=O.C#CCCCOc1c(N2CCN(S(=O)(=O)Cc3ccncc3)CC2)cnn(-c2cccc(Cl)c2)c1=O.O=c1c(Cl)c(N2CCN(S(=O)(=O)Cc3ccncc3)CC2)cnn1-c1cccc(Cl)c1.O=c1c(Cl)c(N2CCNCC2)cnn1-c1cccc(Cl)c1. The number of nitriles is 1. The third-order valence-corrected chi connectivity index (χ3v) is 27.8. The zero-order chi connectivity index (χ0) is 91.8. The van der Waals surface area contributed by atoms with Gasteiger partial charge in [0, 0.05) is 175 Å². The normalized spacial score (nSPS) is 14.5. The molecule has 42 heteroatoms. The molecule has 11 heterocycles. The predicted molar refractivity (Wildman–Crippen MR) is 500 cm³/mol. The lowest BCUT2D eigenvalue weighted by molar-refractivity contribution is -0.576. The molecule has 0 spiro atoms. The van der Waals surface area contributed by atoms with Crippen LogP contribution in [-0.2, 0) is 47.3 Å². The summed E-state index contributed by atoms with van der Waals surface area (Å²) in [7, 11) is -10.6. The van der Waals surface area contributed by atoms with Crippen LogP contribution in [0.15, 0.2) is 215 Å². The van der Waals surface area contributed by atoms with E-state index in [9.17, 15) is 44.4 Å². The summed E-state index contributed by atoms with van der Waals surface area (Å²) in [5.41, 5.74) is 4.35. The molecule has 0 aliphatic carbocycles. The number of aromatic nitrogens is 11. The van der Waals surface area contributed by atoms with Crippen molar-refractivity contribution in [3.63, 3.8) is 0 Å². The Balaban J connectivity index is 0.000000159. The maximum atomic E-state index is 13.5. The van der Waals surface area contributed by atoms with Crippen molar-refractivity contribution >= 4 is 134 Å². The first-order chi connectivity index (χ1) is 62.2. The van der Waals surface area contributed by atoms with Gasteiger partial charge < -0.3 is 39.8 Å². The van der Waals surface area contributed by atoms with E-state index in [1.165, 1.54) is 61.0 Å². The van der Waals surface area contributed by atoms with Crippen molar-refractivity contribution in [1.29, 1.82) is 5.26 Å². The van der Waals surface area contributed by atoms with E-state index in [0.717, 1.165) is 26.2 Å². The Kier molecular flexibility index (Phi) is 33.9. The van der Waals surface area contributed by atoms with E-state index in [-0.39, 0.29) is 89.5 Å². The number of unbranched alkanes of at least 4 members (excludes halogenated alkanes) is 2. The minimum Gasteiger partial charge on any atom is -0.757 e. The molecule has 7 aromatic heterocycles. The number of allylic oxidation sites excluding steroid dienone is 1. The largest absolute Gasteiger partial charge is 0.757 e. The molecule has 129 heavy (non-hydrogen) atoms. The average molecular weight is 1930 g/mol. The van der Waals surface area contributed by atoms with Crippen molar-refractivity contribution in [3.8, 4) is 65.0 Å². The molecular formula is C87H85Cl6N21O12S3. The zero-order valence-corrected chi connectivity index (χ0v) is 76.1. The second-order valence-corrected chi connectivity index (χ2v) is 37.5. The van der Waals surface area contributed by atoms with E-state index in [1.54, 1.807) is 183 Å². The van der Waals surface area contributed by atoms with Crippen LogP contribution < -0.4 is 61.2 Å². The molecule has 15 rings (SSSR count). The zero-order valence-electron chi connectivity index (χ0n) is 69.1. The third kappa shape index (κ3) is 25.2. The summed E-state index contributed by atoms with van der Waals surface area (Å²) in [6.45, 7) is 7.61. The number of ether oxygens (including phenoxy) is 2. The number of hydrogen-bond donors (Lipinski definition) is 1. The number of sulfonamides is 3. The van der Waals surface area contributed by atoms with Gasteiger partial charge in [0.2, 0.25) is 41.6 Å². The smallest absolute Gasteiger partial charge is 0.316 e. The molecule has 0 unspecified atom stereocenters. The highest BCUT2D eigenvalue weighted by Crippen LogP contribution is 2.32. The highest BCUT2D eigenvalue weighted by molar-refractivity contribution is 7.88. The Morgan fingerprint density at radius 3 is 1.04 bits per heavy atom. The molecule has 33 nitrogen and oxygen atoms in total. The van der Waals surface area contributed by atoms with Crippen LogP contribution in [0.2, 0.25) is 30.1 Å². The van der Waals surface area contributed by atoms with Crippen molar-refractivity contribution in [2.75, 3.05) is 138 Å². The van der Waals surface area contributed by atoms with Gasteiger partial charge in [-0.3, -0.25) is 29.1 Å². The minimum absolute atomic E-state index is 0.0306. The molecule has 0 bridgehead atoms. The van der Waals surface area contributed by atoms with E-state index >= 15 is 0 Å². The summed E-state index contributed by atoms with van der Waals surface area (Å²) in [5.74, 6) is 6.75. The van der Waals surface area contributed by atoms with Crippen molar-refractivity contribution in [2.24, 2.45) is 0 Å². The van der Waals surface area contributed by atoms with E-state index in [1.807, 2.05) is 14.7 Å². The fourth-order valence-corrected chi connectivity index (χ4v) is 19.8. The Hall–Kier alpha value is -11.9. The lowest BCUT2D eigenvalue weighted by Gasteiger charge is -2.35. The predicted octanol–water partition coefficient (Wildman–Crippen LogP) is 9.48. The quantitative estimate of drug-likeness (QED) is 0.0173. The van der Waals surface area contributed by atoms with Crippen molar-refractivity contribution in [2.45, 2.75) is 42.9 Å². The number of rotatable bonds is 26. The molecule has 4 aromatic carbocycles. The van der Waals surface area contributed by atoms with Crippen LogP contribution >= 0.6 is 69.6 Å². The molecule has 0 amide bonds. The summed E-state index contributed by atoms with van der Waals surface area (Å²) in [6, 6.07) is 38.9. The van der Waals surface area contributed by atoms with Crippen molar-refractivity contribution in [1.82, 2.24) is 67.3 Å². The fraction of sp³-hybridized carbons (Fsp3) is 0.287. The molecule has 4 saturated heterocycles. The van der Waals surface area contributed by atoms with E-state index in [2.05, 4.69) is 52.4 Å². The van der Waals surface area contributed by atoms with Crippen LogP contribution in [0.5, 0.6) is 11.5 Å². The van der Waals surface area contributed by atoms with Crippen LogP contribution in [0.4, 0.5) is 22.7 Å². The fourth-order valence-electron chi connectivity index (χ4n) is 14.0. The second-order valence-electron chi connectivity index (χ2n) is 29.1. The first kappa shape index (κ1) is 96.2. The van der Waals surface area contributed by atoms with Gasteiger partial charge in [-0.05, 0) is 127 Å². The Labute approximate surface area is 774 Å².